The molecule has 126 valence electrons. The normalized spacial score (nSPS) is 22.2. The van der Waals surface area contributed by atoms with E-state index in [1.807, 2.05) is 17.0 Å². The summed E-state index contributed by atoms with van der Waals surface area (Å²) in [5.41, 5.74) is 2.13. The lowest BCUT2D eigenvalue weighted by Crippen LogP contribution is -2.51. The predicted octanol–water partition coefficient (Wildman–Crippen LogP) is 2.06. The third-order valence-corrected chi connectivity index (χ3v) is 4.93. The number of amides is 1. The van der Waals surface area contributed by atoms with Gasteiger partial charge in [-0.25, -0.2) is 0 Å². The average molecular weight is 325 g/mol. The summed E-state index contributed by atoms with van der Waals surface area (Å²) in [6, 6.07) is 12.4. The zero-order chi connectivity index (χ0) is 16.4. The molecule has 1 atom stereocenters. The topological polar surface area (TPSA) is 45.7 Å². The van der Waals surface area contributed by atoms with Crippen LogP contribution in [0.15, 0.2) is 36.4 Å². The maximum absolute atomic E-state index is 12.4. The van der Waals surface area contributed by atoms with Gasteiger partial charge in [-0.15, -0.1) is 0 Å². The van der Waals surface area contributed by atoms with Gasteiger partial charge < -0.3 is 9.64 Å². The number of aromatic nitrogens is 1. The molecule has 1 aromatic heterocycles. The van der Waals surface area contributed by atoms with Crippen molar-refractivity contribution in [2.75, 3.05) is 32.8 Å². The Bertz CT molecular complexity index is 719. The predicted molar refractivity (Wildman–Crippen MR) is 92.6 cm³/mol. The number of piperazine rings is 1. The summed E-state index contributed by atoms with van der Waals surface area (Å²) < 4.78 is 5.52. The SMILES string of the molecule is O=C(C1CCCO1)N1CCN(Cc2ccc3ccccc3n2)CC1. The summed E-state index contributed by atoms with van der Waals surface area (Å²) >= 11 is 0. The van der Waals surface area contributed by atoms with E-state index in [-0.39, 0.29) is 12.0 Å². The molecule has 0 saturated carbocycles. The molecule has 1 unspecified atom stereocenters. The van der Waals surface area contributed by atoms with Crippen LogP contribution < -0.4 is 0 Å². The second-order valence-electron chi connectivity index (χ2n) is 6.60. The Morgan fingerprint density at radius 1 is 1.12 bits per heavy atom. The van der Waals surface area contributed by atoms with E-state index in [1.165, 1.54) is 5.39 Å². The van der Waals surface area contributed by atoms with E-state index < -0.39 is 0 Å². The van der Waals surface area contributed by atoms with Crippen LogP contribution in [-0.2, 0) is 16.1 Å². The standard InChI is InChI=1S/C19H23N3O2/c23-19(18-6-3-13-24-18)22-11-9-21(10-12-22)14-16-8-7-15-4-1-2-5-17(15)20-16/h1-2,4-5,7-8,18H,3,6,9-14H2. The molecule has 1 amide bonds. The van der Waals surface area contributed by atoms with Crippen molar-refractivity contribution in [3.63, 3.8) is 0 Å². The van der Waals surface area contributed by atoms with Gasteiger partial charge in [0.05, 0.1) is 11.2 Å². The van der Waals surface area contributed by atoms with Gasteiger partial charge in [0.2, 0.25) is 0 Å². The van der Waals surface area contributed by atoms with E-state index in [4.69, 9.17) is 9.72 Å². The molecule has 4 rings (SSSR count). The molecule has 2 aliphatic heterocycles. The Morgan fingerprint density at radius 3 is 2.75 bits per heavy atom. The van der Waals surface area contributed by atoms with Crippen LogP contribution >= 0.6 is 0 Å². The molecule has 3 heterocycles. The molecule has 2 saturated heterocycles. The molecule has 24 heavy (non-hydrogen) atoms. The van der Waals surface area contributed by atoms with Crippen LogP contribution in [0, 0.1) is 0 Å². The molecule has 2 fully saturated rings. The monoisotopic (exact) mass is 325 g/mol. The Labute approximate surface area is 142 Å². The fourth-order valence-electron chi connectivity index (χ4n) is 3.53. The Kier molecular flexibility index (Phi) is 4.45. The van der Waals surface area contributed by atoms with E-state index in [0.717, 1.165) is 63.4 Å². The lowest BCUT2D eigenvalue weighted by Gasteiger charge is -2.35. The van der Waals surface area contributed by atoms with Crippen LogP contribution in [0.25, 0.3) is 10.9 Å². The van der Waals surface area contributed by atoms with Crippen molar-refractivity contribution in [3.8, 4) is 0 Å². The number of benzene rings is 1. The second-order valence-corrected chi connectivity index (χ2v) is 6.60. The number of nitrogens with zero attached hydrogens (tertiary/aromatic N) is 3. The largest absolute Gasteiger partial charge is 0.368 e. The molecule has 0 bridgehead atoms. The molecule has 1 aromatic carbocycles. The number of pyridine rings is 1. The zero-order valence-corrected chi connectivity index (χ0v) is 13.9. The van der Waals surface area contributed by atoms with E-state index in [1.54, 1.807) is 0 Å². The van der Waals surface area contributed by atoms with Crippen LogP contribution in [-0.4, -0.2) is 59.6 Å². The molecule has 0 spiro atoms. The molecule has 2 aliphatic rings. The van der Waals surface area contributed by atoms with Crippen molar-refractivity contribution in [1.29, 1.82) is 0 Å². The van der Waals surface area contributed by atoms with Crippen LogP contribution in [0.1, 0.15) is 18.5 Å². The molecule has 2 aromatic rings. The minimum atomic E-state index is -0.196. The fourth-order valence-corrected chi connectivity index (χ4v) is 3.53. The number of hydrogen-bond donors (Lipinski definition) is 0. The van der Waals surface area contributed by atoms with Gasteiger partial charge in [-0.2, -0.15) is 0 Å². The molecule has 0 N–H and O–H groups in total. The molecular weight excluding hydrogens is 302 g/mol. The Morgan fingerprint density at radius 2 is 1.96 bits per heavy atom. The van der Waals surface area contributed by atoms with Crippen molar-refractivity contribution in [2.45, 2.75) is 25.5 Å². The van der Waals surface area contributed by atoms with Crippen LogP contribution in [0.5, 0.6) is 0 Å². The number of fused-ring (bicyclic) bond motifs is 1. The van der Waals surface area contributed by atoms with Gasteiger partial charge in [-0.05, 0) is 25.0 Å². The number of carbonyl (C=O) groups is 1. The lowest BCUT2D eigenvalue weighted by molar-refractivity contribution is -0.142. The summed E-state index contributed by atoms with van der Waals surface area (Å²) in [5.74, 6) is 0.177. The highest BCUT2D eigenvalue weighted by molar-refractivity contribution is 5.81. The van der Waals surface area contributed by atoms with Gasteiger partial charge in [0, 0.05) is 44.7 Å². The third kappa shape index (κ3) is 3.28. The Balaban J connectivity index is 1.34. The van der Waals surface area contributed by atoms with Crippen molar-refractivity contribution >= 4 is 16.8 Å². The van der Waals surface area contributed by atoms with Crippen molar-refractivity contribution in [3.05, 3.63) is 42.1 Å². The van der Waals surface area contributed by atoms with Gasteiger partial charge in [0.15, 0.2) is 0 Å². The van der Waals surface area contributed by atoms with E-state index in [2.05, 4.69) is 29.2 Å². The molecule has 0 aliphatic carbocycles. The maximum Gasteiger partial charge on any atom is 0.251 e. The number of para-hydroxylation sites is 1. The summed E-state index contributed by atoms with van der Waals surface area (Å²) in [7, 11) is 0. The highest BCUT2D eigenvalue weighted by atomic mass is 16.5. The van der Waals surface area contributed by atoms with Gasteiger partial charge in [0.25, 0.3) is 5.91 Å². The molecule has 5 nitrogen and oxygen atoms in total. The summed E-state index contributed by atoms with van der Waals surface area (Å²) in [6.07, 6.45) is 1.68. The lowest BCUT2D eigenvalue weighted by atomic mass is 10.2. The van der Waals surface area contributed by atoms with Crippen molar-refractivity contribution in [1.82, 2.24) is 14.8 Å². The second kappa shape index (κ2) is 6.87. The quantitative estimate of drug-likeness (QED) is 0.866. The highest BCUT2D eigenvalue weighted by Crippen LogP contribution is 2.17. The van der Waals surface area contributed by atoms with Gasteiger partial charge >= 0.3 is 0 Å². The first-order chi connectivity index (χ1) is 11.8. The summed E-state index contributed by atoms with van der Waals surface area (Å²) in [6.45, 7) is 4.93. The van der Waals surface area contributed by atoms with Crippen LogP contribution in [0.2, 0.25) is 0 Å². The highest BCUT2D eigenvalue weighted by Gasteiger charge is 2.30. The van der Waals surface area contributed by atoms with Gasteiger partial charge in [-0.1, -0.05) is 24.3 Å². The number of hydrogen-bond acceptors (Lipinski definition) is 4. The minimum absolute atomic E-state index is 0.177. The van der Waals surface area contributed by atoms with E-state index in [0.29, 0.717) is 0 Å². The molecule has 0 radical (unpaired) electrons. The average Bonchev–Trinajstić information content (AvgIpc) is 3.16. The molecular formula is C19H23N3O2. The third-order valence-electron chi connectivity index (χ3n) is 4.93. The Hall–Kier alpha value is -1.98. The number of carbonyl (C=O) groups excluding carboxylic acids is 1. The first kappa shape index (κ1) is 15.5. The zero-order valence-electron chi connectivity index (χ0n) is 13.9. The minimum Gasteiger partial charge on any atom is -0.368 e. The summed E-state index contributed by atoms with van der Waals surface area (Å²) in [5, 5.41) is 1.17. The first-order valence-electron chi connectivity index (χ1n) is 8.77. The van der Waals surface area contributed by atoms with Gasteiger partial charge in [-0.3, -0.25) is 14.7 Å². The summed E-state index contributed by atoms with van der Waals surface area (Å²) in [4.78, 5) is 21.5. The molecule has 5 heteroatoms. The fraction of sp³-hybridized carbons (Fsp3) is 0.474. The first-order valence-corrected chi connectivity index (χ1v) is 8.77. The van der Waals surface area contributed by atoms with Crippen molar-refractivity contribution in [2.24, 2.45) is 0 Å². The van der Waals surface area contributed by atoms with E-state index >= 15 is 0 Å². The van der Waals surface area contributed by atoms with Crippen molar-refractivity contribution < 1.29 is 9.53 Å². The van der Waals surface area contributed by atoms with E-state index in [9.17, 15) is 4.79 Å². The maximum atomic E-state index is 12.4. The van der Waals surface area contributed by atoms with Crippen LogP contribution in [0.4, 0.5) is 0 Å². The van der Waals surface area contributed by atoms with Crippen LogP contribution in [0.3, 0.4) is 0 Å². The number of ether oxygens (including phenoxy) is 1. The smallest absolute Gasteiger partial charge is 0.251 e. The number of rotatable bonds is 3. The van der Waals surface area contributed by atoms with Gasteiger partial charge in [0.1, 0.15) is 6.10 Å².